The van der Waals surface area contributed by atoms with Crippen molar-refractivity contribution in [1.82, 2.24) is 9.80 Å². The van der Waals surface area contributed by atoms with Gasteiger partial charge in [-0.2, -0.15) is 0 Å². The molecular formula is C17H32N2O. The van der Waals surface area contributed by atoms with Gasteiger partial charge in [0.15, 0.2) is 5.78 Å². The third-order valence-electron chi connectivity index (χ3n) is 4.93. The number of hydrogen-bond donors (Lipinski definition) is 0. The van der Waals surface area contributed by atoms with E-state index in [-0.39, 0.29) is 6.04 Å². The summed E-state index contributed by atoms with van der Waals surface area (Å²) < 4.78 is 0. The number of rotatable bonds is 10. The number of unbranched alkanes of at least 4 members (excludes halogenated alkanes) is 7. The highest BCUT2D eigenvalue weighted by atomic mass is 16.1. The Hall–Kier alpha value is -0.410. The molecule has 0 spiro atoms. The predicted octanol–water partition coefficient (Wildman–Crippen LogP) is 3.09. The normalized spacial score (nSPS) is 28.8. The Labute approximate surface area is 124 Å². The maximum Gasteiger partial charge on any atom is 0.151 e. The van der Waals surface area contributed by atoms with Gasteiger partial charge in [-0.15, -0.1) is 0 Å². The van der Waals surface area contributed by atoms with Gasteiger partial charge in [-0.05, 0) is 6.42 Å². The zero-order chi connectivity index (χ0) is 14.2. The molecule has 116 valence electrons. The number of ketones is 1. The minimum Gasteiger partial charge on any atom is -0.299 e. The van der Waals surface area contributed by atoms with Crippen molar-refractivity contribution in [3.63, 3.8) is 0 Å². The van der Waals surface area contributed by atoms with Crippen molar-refractivity contribution in [2.75, 3.05) is 32.7 Å². The maximum atomic E-state index is 12.3. The van der Waals surface area contributed by atoms with E-state index in [2.05, 4.69) is 16.7 Å². The first-order valence-corrected chi connectivity index (χ1v) is 8.80. The molecule has 3 aliphatic heterocycles. The molecule has 3 saturated heterocycles. The molecule has 0 aromatic rings. The highest BCUT2D eigenvalue weighted by molar-refractivity contribution is 5.84. The first-order valence-electron chi connectivity index (χ1n) is 8.80. The Morgan fingerprint density at radius 1 is 0.900 bits per heavy atom. The Bertz CT molecular complexity index is 285. The average molecular weight is 280 g/mol. The van der Waals surface area contributed by atoms with Gasteiger partial charge >= 0.3 is 0 Å². The predicted molar refractivity (Wildman–Crippen MR) is 84.0 cm³/mol. The van der Waals surface area contributed by atoms with Crippen LogP contribution < -0.4 is 0 Å². The number of Topliss-reactive ketones (excluding diaryl/α,β-unsaturated/α-hetero) is 1. The van der Waals surface area contributed by atoms with Crippen LogP contribution in [0.3, 0.4) is 0 Å². The maximum absolute atomic E-state index is 12.3. The minimum absolute atomic E-state index is 0.224. The lowest BCUT2D eigenvalue weighted by atomic mass is 9.99. The lowest BCUT2D eigenvalue weighted by Crippen LogP contribution is -2.63. The quantitative estimate of drug-likeness (QED) is 0.575. The van der Waals surface area contributed by atoms with Crippen molar-refractivity contribution in [1.29, 1.82) is 0 Å². The summed E-state index contributed by atoms with van der Waals surface area (Å²) in [5, 5.41) is 0. The minimum atomic E-state index is 0.224. The van der Waals surface area contributed by atoms with Crippen LogP contribution in [0.5, 0.6) is 0 Å². The standard InChI is InChI=1S/C17H32N2O/c1-2-3-4-5-6-7-8-9-10-17(20)16-15-18-11-13-19(16)14-12-18/h16H,2-15H2,1H3. The van der Waals surface area contributed by atoms with Gasteiger partial charge in [-0.25, -0.2) is 0 Å². The summed E-state index contributed by atoms with van der Waals surface area (Å²) in [7, 11) is 0. The molecule has 1 atom stereocenters. The van der Waals surface area contributed by atoms with Gasteiger partial charge < -0.3 is 0 Å². The topological polar surface area (TPSA) is 23.6 Å². The fourth-order valence-electron chi connectivity index (χ4n) is 3.52. The van der Waals surface area contributed by atoms with Crippen LogP contribution in [-0.4, -0.2) is 54.3 Å². The molecule has 2 bridgehead atoms. The molecule has 3 heteroatoms. The fourth-order valence-corrected chi connectivity index (χ4v) is 3.52. The Morgan fingerprint density at radius 3 is 2.05 bits per heavy atom. The van der Waals surface area contributed by atoms with Crippen molar-refractivity contribution < 1.29 is 4.79 Å². The van der Waals surface area contributed by atoms with Gasteiger partial charge in [0.05, 0.1) is 6.04 Å². The highest BCUT2D eigenvalue weighted by Crippen LogP contribution is 2.18. The number of piperazine rings is 3. The molecule has 1 unspecified atom stereocenters. The highest BCUT2D eigenvalue weighted by Gasteiger charge is 2.35. The lowest BCUT2D eigenvalue weighted by molar-refractivity contribution is -0.129. The molecule has 3 rings (SSSR count). The molecule has 0 amide bonds. The second-order valence-corrected chi connectivity index (χ2v) is 6.54. The molecule has 0 aromatic heterocycles. The monoisotopic (exact) mass is 280 g/mol. The molecule has 0 saturated carbocycles. The Morgan fingerprint density at radius 2 is 1.50 bits per heavy atom. The second kappa shape index (κ2) is 8.78. The van der Waals surface area contributed by atoms with Crippen LogP contribution in [0.4, 0.5) is 0 Å². The van der Waals surface area contributed by atoms with E-state index in [1.807, 2.05) is 0 Å². The molecule has 0 aliphatic carbocycles. The van der Waals surface area contributed by atoms with E-state index >= 15 is 0 Å². The van der Waals surface area contributed by atoms with Crippen LogP contribution in [-0.2, 0) is 4.79 Å². The summed E-state index contributed by atoms with van der Waals surface area (Å²) in [4.78, 5) is 17.2. The van der Waals surface area contributed by atoms with E-state index in [0.717, 1.165) is 32.5 Å². The molecule has 0 radical (unpaired) electrons. The molecule has 3 aliphatic rings. The van der Waals surface area contributed by atoms with Gasteiger partial charge in [0, 0.05) is 39.1 Å². The smallest absolute Gasteiger partial charge is 0.151 e. The second-order valence-electron chi connectivity index (χ2n) is 6.54. The number of carbonyl (C=O) groups is 1. The fraction of sp³-hybridized carbons (Fsp3) is 0.941. The summed E-state index contributed by atoms with van der Waals surface area (Å²) in [6.07, 6.45) is 11.3. The van der Waals surface area contributed by atoms with Crippen LogP contribution in [0.15, 0.2) is 0 Å². The lowest BCUT2D eigenvalue weighted by Gasteiger charge is -2.46. The molecule has 0 N–H and O–H groups in total. The van der Waals surface area contributed by atoms with Crippen LogP contribution in [0.25, 0.3) is 0 Å². The number of carbonyl (C=O) groups excluding carboxylic acids is 1. The Balaban J connectivity index is 1.50. The van der Waals surface area contributed by atoms with E-state index in [1.165, 1.54) is 58.0 Å². The van der Waals surface area contributed by atoms with Gasteiger partial charge in [0.25, 0.3) is 0 Å². The van der Waals surface area contributed by atoms with E-state index in [4.69, 9.17) is 0 Å². The van der Waals surface area contributed by atoms with Gasteiger partial charge in [0.2, 0.25) is 0 Å². The van der Waals surface area contributed by atoms with E-state index in [9.17, 15) is 4.79 Å². The summed E-state index contributed by atoms with van der Waals surface area (Å²) in [6, 6.07) is 0.224. The van der Waals surface area contributed by atoms with Crippen molar-refractivity contribution in [2.45, 2.75) is 70.8 Å². The van der Waals surface area contributed by atoms with Gasteiger partial charge in [0.1, 0.15) is 0 Å². The van der Waals surface area contributed by atoms with Crippen molar-refractivity contribution in [2.24, 2.45) is 0 Å². The van der Waals surface area contributed by atoms with Crippen molar-refractivity contribution in [3.05, 3.63) is 0 Å². The van der Waals surface area contributed by atoms with Crippen molar-refractivity contribution in [3.8, 4) is 0 Å². The first kappa shape index (κ1) is 16.0. The summed E-state index contributed by atoms with van der Waals surface area (Å²) in [5.74, 6) is 0.500. The third-order valence-corrected chi connectivity index (χ3v) is 4.93. The number of nitrogens with zero attached hydrogens (tertiary/aromatic N) is 2. The van der Waals surface area contributed by atoms with Crippen LogP contribution in [0.2, 0.25) is 0 Å². The van der Waals surface area contributed by atoms with Gasteiger partial charge in [-0.3, -0.25) is 14.6 Å². The van der Waals surface area contributed by atoms with Crippen LogP contribution >= 0.6 is 0 Å². The van der Waals surface area contributed by atoms with E-state index < -0.39 is 0 Å². The third kappa shape index (κ3) is 4.85. The zero-order valence-corrected chi connectivity index (χ0v) is 13.3. The largest absolute Gasteiger partial charge is 0.299 e. The summed E-state index contributed by atoms with van der Waals surface area (Å²) in [5.41, 5.74) is 0. The van der Waals surface area contributed by atoms with Crippen LogP contribution in [0, 0.1) is 0 Å². The van der Waals surface area contributed by atoms with Crippen molar-refractivity contribution >= 4 is 5.78 Å². The first-order chi connectivity index (χ1) is 9.81. The molecule has 3 heterocycles. The van der Waals surface area contributed by atoms with Crippen LogP contribution in [0.1, 0.15) is 64.7 Å². The summed E-state index contributed by atoms with van der Waals surface area (Å²) >= 11 is 0. The average Bonchev–Trinajstić information content (AvgIpc) is 2.51. The number of fused-ring (bicyclic) bond motifs is 3. The van der Waals surface area contributed by atoms with E-state index in [0.29, 0.717) is 5.78 Å². The molecular weight excluding hydrogens is 248 g/mol. The Kier molecular flexibility index (Phi) is 7.01. The summed E-state index contributed by atoms with van der Waals surface area (Å²) in [6.45, 7) is 7.80. The molecule has 3 fully saturated rings. The zero-order valence-electron chi connectivity index (χ0n) is 13.3. The van der Waals surface area contributed by atoms with Gasteiger partial charge in [-0.1, -0.05) is 51.9 Å². The molecule has 20 heavy (non-hydrogen) atoms. The molecule has 0 aromatic carbocycles. The number of hydrogen-bond acceptors (Lipinski definition) is 3. The molecule has 3 nitrogen and oxygen atoms in total. The SMILES string of the molecule is CCCCCCCCCCC(=O)C1CN2CCN1CC2. The van der Waals surface area contributed by atoms with E-state index in [1.54, 1.807) is 0 Å².